The fraction of sp³-hybridized carbons (Fsp3) is 0.571. The van der Waals surface area contributed by atoms with Crippen LogP contribution in [0.4, 0.5) is 0 Å². The highest BCUT2D eigenvalue weighted by Gasteiger charge is 2.10. The summed E-state index contributed by atoms with van der Waals surface area (Å²) >= 11 is 0. The van der Waals surface area contributed by atoms with Gasteiger partial charge in [-0.15, -0.1) is 0 Å². The molecule has 3 aliphatic rings. The number of ether oxygens (including phenoxy) is 3. The minimum atomic E-state index is 0.365. The van der Waals surface area contributed by atoms with E-state index in [1.807, 2.05) is 6.92 Å². The Balaban J connectivity index is 0.000000128. The average molecular weight is 236 g/mol. The molecule has 0 aromatic carbocycles. The second-order valence-electron chi connectivity index (χ2n) is 4.12. The molecule has 0 aromatic heterocycles. The molecule has 1 aliphatic heterocycles. The van der Waals surface area contributed by atoms with Crippen molar-refractivity contribution < 1.29 is 14.2 Å². The topological polar surface area (TPSA) is 27.7 Å². The lowest BCUT2D eigenvalue weighted by molar-refractivity contribution is -0.0887. The van der Waals surface area contributed by atoms with Gasteiger partial charge in [-0.25, -0.2) is 0 Å². The van der Waals surface area contributed by atoms with E-state index in [2.05, 4.69) is 25.1 Å². The Labute approximate surface area is 102 Å². The van der Waals surface area contributed by atoms with Crippen molar-refractivity contribution in [2.24, 2.45) is 0 Å². The molecule has 94 valence electrons. The summed E-state index contributed by atoms with van der Waals surface area (Å²) < 4.78 is 15.7. The molecule has 0 spiro atoms. The lowest BCUT2D eigenvalue weighted by atomic mass is 10.1. The van der Waals surface area contributed by atoms with E-state index in [1.165, 1.54) is 10.4 Å². The lowest BCUT2D eigenvalue weighted by Gasteiger charge is -2.20. The summed E-state index contributed by atoms with van der Waals surface area (Å²) in [6.07, 6.45) is 1.43. The Morgan fingerprint density at radius 3 is 2.53 bits per heavy atom. The Kier molecular flexibility index (Phi) is 4.40. The van der Waals surface area contributed by atoms with Gasteiger partial charge in [-0.3, -0.25) is 0 Å². The normalized spacial score (nSPS) is 20.2. The van der Waals surface area contributed by atoms with Crippen molar-refractivity contribution in [2.75, 3.05) is 26.4 Å². The Hall–Kier alpha value is -1.06. The van der Waals surface area contributed by atoms with Gasteiger partial charge in [-0.1, -0.05) is 19.1 Å². The van der Waals surface area contributed by atoms with E-state index in [-0.39, 0.29) is 0 Å². The second-order valence-corrected chi connectivity index (χ2v) is 4.12. The maximum atomic E-state index is 5.30. The molecule has 0 radical (unpaired) electrons. The van der Waals surface area contributed by atoms with Crippen LogP contribution in [-0.2, 0) is 9.47 Å². The molecule has 0 amide bonds. The highest BCUT2D eigenvalue weighted by atomic mass is 16.6. The van der Waals surface area contributed by atoms with Crippen LogP contribution in [0.25, 0.3) is 0 Å². The number of hydrogen-bond acceptors (Lipinski definition) is 3. The molecule has 0 N–H and O–H groups in total. The summed E-state index contributed by atoms with van der Waals surface area (Å²) in [5.41, 5.74) is 0. The summed E-state index contributed by atoms with van der Waals surface area (Å²) in [6.45, 7) is 7.23. The minimum absolute atomic E-state index is 0.365. The molecule has 17 heavy (non-hydrogen) atoms. The van der Waals surface area contributed by atoms with Crippen LogP contribution in [0.5, 0.6) is 5.75 Å². The quantitative estimate of drug-likeness (QED) is 0.819. The molecule has 0 aromatic rings. The number of rotatable bonds is 3. The zero-order valence-electron chi connectivity index (χ0n) is 10.6. The largest absolute Gasteiger partial charge is 0.493 e. The van der Waals surface area contributed by atoms with Crippen LogP contribution in [0.1, 0.15) is 20.3 Å². The van der Waals surface area contributed by atoms with Crippen molar-refractivity contribution >= 4 is 0 Å². The Bertz CT molecular complexity index is 435. The van der Waals surface area contributed by atoms with E-state index in [0.717, 1.165) is 38.6 Å². The maximum Gasteiger partial charge on any atom is 0.127 e. The van der Waals surface area contributed by atoms with Crippen molar-refractivity contribution in [3.05, 3.63) is 28.6 Å². The molecular weight excluding hydrogens is 216 g/mol. The van der Waals surface area contributed by atoms with Crippen LogP contribution in [0, 0.1) is 10.4 Å². The molecule has 3 nitrogen and oxygen atoms in total. The van der Waals surface area contributed by atoms with E-state index in [9.17, 15) is 0 Å². The third-order valence-electron chi connectivity index (χ3n) is 2.93. The van der Waals surface area contributed by atoms with Gasteiger partial charge < -0.3 is 14.2 Å². The molecule has 1 unspecified atom stereocenters. The average Bonchev–Trinajstić information content (AvgIpc) is 2.37. The molecule has 1 heterocycles. The minimum Gasteiger partial charge on any atom is -0.493 e. The van der Waals surface area contributed by atoms with Gasteiger partial charge in [-0.05, 0) is 24.6 Å². The van der Waals surface area contributed by atoms with Gasteiger partial charge in [0, 0.05) is 5.22 Å². The van der Waals surface area contributed by atoms with Crippen LogP contribution in [0.3, 0.4) is 0 Å². The molecule has 0 bridgehead atoms. The Morgan fingerprint density at radius 1 is 1.29 bits per heavy atom. The third kappa shape index (κ3) is 2.99. The summed E-state index contributed by atoms with van der Waals surface area (Å²) in [4.78, 5) is 0. The van der Waals surface area contributed by atoms with E-state index < -0.39 is 0 Å². The predicted molar refractivity (Wildman–Crippen MR) is 66.1 cm³/mol. The molecule has 1 saturated heterocycles. The highest BCUT2D eigenvalue weighted by Crippen LogP contribution is 2.23. The highest BCUT2D eigenvalue weighted by molar-refractivity contribution is 5.38. The van der Waals surface area contributed by atoms with Crippen LogP contribution in [-0.4, -0.2) is 32.5 Å². The van der Waals surface area contributed by atoms with E-state index in [1.54, 1.807) is 0 Å². The van der Waals surface area contributed by atoms with Gasteiger partial charge >= 0.3 is 0 Å². The standard InChI is InChI=1S/C8H8O.C6H12O2/c1-2-9-8-5-6-3-4-7(6)8;1-2-6-5-7-3-4-8-6/h3-5H,2H2,1H3;6H,2-5H2,1H3. The molecule has 2 aliphatic carbocycles. The third-order valence-corrected chi connectivity index (χ3v) is 2.93. The fourth-order valence-corrected chi connectivity index (χ4v) is 1.80. The zero-order valence-corrected chi connectivity index (χ0v) is 10.6. The van der Waals surface area contributed by atoms with Gasteiger partial charge in [0.2, 0.25) is 0 Å². The molecule has 0 saturated carbocycles. The first-order valence-electron chi connectivity index (χ1n) is 6.31. The molecule has 3 heteroatoms. The second kappa shape index (κ2) is 6.03. The van der Waals surface area contributed by atoms with E-state index >= 15 is 0 Å². The SMILES string of the molecule is CCC1COCCO1.CCOc1cc2ccc1=2. The fourth-order valence-electron chi connectivity index (χ4n) is 1.80. The predicted octanol–water partition coefficient (Wildman–Crippen LogP) is 2.50. The first-order chi connectivity index (χ1) is 8.35. The summed E-state index contributed by atoms with van der Waals surface area (Å²) in [5.74, 6) is 1.06. The summed E-state index contributed by atoms with van der Waals surface area (Å²) in [7, 11) is 0. The first-order valence-corrected chi connectivity index (χ1v) is 6.31. The number of benzene rings is 1. The molecular formula is C14H20O3. The van der Waals surface area contributed by atoms with Gasteiger partial charge in [-0.2, -0.15) is 0 Å². The van der Waals surface area contributed by atoms with Crippen LogP contribution >= 0.6 is 0 Å². The lowest BCUT2D eigenvalue weighted by Crippen LogP contribution is -2.27. The van der Waals surface area contributed by atoms with Crippen LogP contribution in [0.2, 0.25) is 0 Å². The van der Waals surface area contributed by atoms with Crippen molar-refractivity contribution in [1.29, 1.82) is 0 Å². The van der Waals surface area contributed by atoms with E-state index in [0.29, 0.717) is 6.10 Å². The van der Waals surface area contributed by atoms with Gasteiger partial charge in [0.1, 0.15) is 5.75 Å². The van der Waals surface area contributed by atoms with E-state index in [4.69, 9.17) is 14.2 Å². The van der Waals surface area contributed by atoms with Gasteiger partial charge in [0.15, 0.2) is 0 Å². The number of hydrogen-bond donors (Lipinski definition) is 0. The monoisotopic (exact) mass is 236 g/mol. The zero-order chi connectivity index (χ0) is 12.1. The smallest absolute Gasteiger partial charge is 0.127 e. The van der Waals surface area contributed by atoms with Crippen molar-refractivity contribution in [1.82, 2.24) is 0 Å². The molecule has 1 fully saturated rings. The summed E-state index contributed by atoms with van der Waals surface area (Å²) in [5, 5.41) is 2.65. The van der Waals surface area contributed by atoms with Crippen molar-refractivity contribution in [3.63, 3.8) is 0 Å². The molecule has 1 atom stereocenters. The van der Waals surface area contributed by atoms with Crippen LogP contribution < -0.4 is 4.74 Å². The van der Waals surface area contributed by atoms with Gasteiger partial charge in [0.25, 0.3) is 0 Å². The summed E-state index contributed by atoms with van der Waals surface area (Å²) in [6, 6.07) is 6.25. The van der Waals surface area contributed by atoms with Crippen LogP contribution in [0.15, 0.2) is 18.2 Å². The first kappa shape index (κ1) is 12.4. The van der Waals surface area contributed by atoms with Gasteiger partial charge in [0.05, 0.1) is 32.5 Å². The Morgan fingerprint density at radius 2 is 2.18 bits per heavy atom. The van der Waals surface area contributed by atoms with Crippen molar-refractivity contribution in [2.45, 2.75) is 26.4 Å². The van der Waals surface area contributed by atoms with Crippen molar-refractivity contribution in [3.8, 4) is 5.75 Å². The maximum absolute atomic E-state index is 5.30. The molecule has 3 rings (SSSR count).